The van der Waals surface area contributed by atoms with Crippen molar-refractivity contribution in [3.8, 4) is 0 Å². The van der Waals surface area contributed by atoms with E-state index in [1.54, 1.807) is 0 Å². The monoisotopic (exact) mass is 379 g/mol. The van der Waals surface area contributed by atoms with Crippen LogP contribution in [-0.4, -0.2) is 19.5 Å². The molecule has 24 heavy (non-hydrogen) atoms. The van der Waals surface area contributed by atoms with Gasteiger partial charge in [-0.25, -0.2) is 13.2 Å². The molecule has 5 nitrogen and oxygen atoms in total. The number of carboxylic acid groups (broad SMARTS) is 1. The van der Waals surface area contributed by atoms with Gasteiger partial charge >= 0.3 is 12.1 Å². The number of anilines is 1. The molecule has 0 saturated carbocycles. The third kappa shape index (κ3) is 3.98. The molecular weight excluding hydrogens is 371 g/mol. The van der Waals surface area contributed by atoms with Crippen molar-refractivity contribution in [1.29, 1.82) is 0 Å². The van der Waals surface area contributed by atoms with Crippen LogP contribution in [0, 0.1) is 0 Å². The molecule has 0 amide bonds. The van der Waals surface area contributed by atoms with Crippen LogP contribution >= 0.6 is 11.6 Å². The van der Waals surface area contributed by atoms with E-state index in [0.717, 1.165) is 30.3 Å². The molecule has 2 rings (SSSR count). The zero-order chi connectivity index (χ0) is 18.1. The summed E-state index contributed by atoms with van der Waals surface area (Å²) in [5.74, 6) is -1.37. The van der Waals surface area contributed by atoms with Gasteiger partial charge in [0.1, 0.15) is 0 Å². The highest BCUT2D eigenvalue weighted by Crippen LogP contribution is 2.31. The molecule has 2 N–H and O–H groups in total. The Morgan fingerprint density at radius 1 is 1.12 bits per heavy atom. The van der Waals surface area contributed by atoms with E-state index < -0.39 is 32.6 Å². The number of alkyl halides is 3. The Morgan fingerprint density at radius 3 is 2.38 bits per heavy atom. The molecule has 0 radical (unpaired) electrons. The van der Waals surface area contributed by atoms with Gasteiger partial charge in [-0.1, -0.05) is 17.7 Å². The Labute approximate surface area is 139 Å². The van der Waals surface area contributed by atoms with Crippen molar-refractivity contribution >= 4 is 33.3 Å². The van der Waals surface area contributed by atoms with Gasteiger partial charge in [-0.2, -0.15) is 13.2 Å². The van der Waals surface area contributed by atoms with Crippen LogP contribution in [0.4, 0.5) is 18.9 Å². The van der Waals surface area contributed by atoms with Crippen LogP contribution < -0.4 is 4.72 Å². The first-order valence-corrected chi connectivity index (χ1v) is 8.10. The largest absolute Gasteiger partial charge is 0.478 e. The molecule has 10 heteroatoms. The fraction of sp³-hybridized carbons (Fsp3) is 0.0714. The summed E-state index contributed by atoms with van der Waals surface area (Å²) in [7, 11) is -4.34. The van der Waals surface area contributed by atoms with Crippen molar-refractivity contribution in [1.82, 2.24) is 0 Å². The van der Waals surface area contributed by atoms with Crippen LogP contribution in [0.25, 0.3) is 0 Å². The molecule has 2 aromatic carbocycles. The summed E-state index contributed by atoms with van der Waals surface area (Å²) in [4.78, 5) is 10.4. The number of aromatic carboxylic acids is 1. The highest BCUT2D eigenvalue weighted by molar-refractivity contribution is 7.92. The molecule has 128 valence electrons. The van der Waals surface area contributed by atoms with Gasteiger partial charge in [0.15, 0.2) is 0 Å². The fourth-order valence-corrected chi connectivity index (χ4v) is 3.10. The Balaban J connectivity index is 2.39. The number of sulfonamides is 1. The minimum atomic E-state index is -4.69. The summed E-state index contributed by atoms with van der Waals surface area (Å²) < 4.78 is 64.4. The number of hydrogen-bond donors (Lipinski definition) is 2. The SMILES string of the molecule is O=C(O)c1cc(NS(=O)(=O)c2cccc(C(F)(F)F)c2)ccc1Cl. The van der Waals surface area contributed by atoms with E-state index in [4.69, 9.17) is 16.7 Å². The van der Waals surface area contributed by atoms with Crippen LogP contribution in [0.3, 0.4) is 0 Å². The molecule has 0 aliphatic heterocycles. The van der Waals surface area contributed by atoms with Crippen molar-refractivity contribution < 1.29 is 31.5 Å². The van der Waals surface area contributed by atoms with E-state index in [1.807, 2.05) is 4.72 Å². The molecule has 2 aromatic rings. The molecule has 0 fully saturated rings. The topological polar surface area (TPSA) is 83.5 Å². The smallest absolute Gasteiger partial charge is 0.416 e. The van der Waals surface area contributed by atoms with Gasteiger partial charge in [-0.05, 0) is 36.4 Å². The van der Waals surface area contributed by atoms with Crippen molar-refractivity contribution in [2.75, 3.05) is 4.72 Å². The molecule has 0 heterocycles. The molecule has 0 aromatic heterocycles. The molecule has 0 aliphatic rings. The van der Waals surface area contributed by atoms with Gasteiger partial charge in [0, 0.05) is 5.69 Å². The molecule has 0 spiro atoms. The van der Waals surface area contributed by atoms with E-state index in [0.29, 0.717) is 6.07 Å². The van der Waals surface area contributed by atoms with Crippen LogP contribution in [-0.2, 0) is 16.2 Å². The minimum Gasteiger partial charge on any atom is -0.478 e. The predicted molar refractivity (Wildman–Crippen MR) is 80.7 cm³/mol. The second-order valence-electron chi connectivity index (χ2n) is 4.63. The summed E-state index contributed by atoms with van der Waals surface area (Å²) in [6.45, 7) is 0. The van der Waals surface area contributed by atoms with E-state index >= 15 is 0 Å². The first-order valence-electron chi connectivity index (χ1n) is 6.23. The number of carboxylic acids is 1. The van der Waals surface area contributed by atoms with Crippen LogP contribution in [0.15, 0.2) is 47.4 Å². The maximum Gasteiger partial charge on any atom is 0.416 e. The van der Waals surface area contributed by atoms with Gasteiger partial charge in [-0.3, -0.25) is 4.72 Å². The van der Waals surface area contributed by atoms with Crippen LogP contribution in [0.2, 0.25) is 5.02 Å². The Morgan fingerprint density at radius 2 is 1.79 bits per heavy atom. The number of carbonyl (C=O) groups is 1. The minimum absolute atomic E-state index is 0.107. The second kappa shape index (κ2) is 6.33. The van der Waals surface area contributed by atoms with Crippen molar-refractivity contribution in [3.63, 3.8) is 0 Å². The molecule has 0 unspecified atom stereocenters. The fourth-order valence-electron chi connectivity index (χ4n) is 1.81. The maximum absolute atomic E-state index is 12.7. The average Bonchev–Trinajstić information content (AvgIpc) is 2.48. The van der Waals surface area contributed by atoms with Crippen LogP contribution in [0.5, 0.6) is 0 Å². The number of benzene rings is 2. The number of halogens is 4. The normalized spacial score (nSPS) is 12.0. The van der Waals surface area contributed by atoms with Gasteiger partial charge < -0.3 is 5.11 Å². The lowest BCUT2D eigenvalue weighted by Gasteiger charge is -2.11. The predicted octanol–water partition coefficient (Wildman–Crippen LogP) is 3.86. The first kappa shape index (κ1) is 18.1. The van der Waals surface area contributed by atoms with Gasteiger partial charge in [-0.15, -0.1) is 0 Å². The first-order chi connectivity index (χ1) is 11.0. The third-order valence-electron chi connectivity index (χ3n) is 2.92. The number of nitrogens with one attached hydrogen (secondary N) is 1. The lowest BCUT2D eigenvalue weighted by molar-refractivity contribution is -0.137. The lowest BCUT2D eigenvalue weighted by atomic mass is 10.2. The quantitative estimate of drug-likeness (QED) is 0.845. The zero-order valence-electron chi connectivity index (χ0n) is 11.6. The number of rotatable bonds is 4. The van der Waals surface area contributed by atoms with E-state index in [1.165, 1.54) is 6.07 Å². The molecule has 0 bridgehead atoms. The van der Waals surface area contributed by atoms with Gasteiger partial charge in [0.2, 0.25) is 0 Å². The Kier molecular flexibility index (Phi) is 4.77. The summed E-state index contributed by atoms with van der Waals surface area (Å²) >= 11 is 5.67. The van der Waals surface area contributed by atoms with Crippen molar-refractivity contribution in [3.05, 3.63) is 58.6 Å². The van der Waals surface area contributed by atoms with Gasteiger partial charge in [0.05, 0.1) is 21.0 Å². The van der Waals surface area contributed by atoms with Crippen LogP contribution in [0.1, 0.15) is 15.9 Å². The highest BCUT2D eigenvalue weighted by Gasteiger charge is 2.31. The maximum atomic E-state index is 12.7. The van der Waals surface area contributed by atoms with E-state index in [2.05, 4.69) is 0 Å². The third-order valence-corrected chi connectivity index (χ3v) is 4.63. The second-order valence-corrected chi connectivity index (χ2v) is 6.72. The van der Waals surface area contributed by atoms with Crippen molar-refractivity contribution in [2.24, 2.45) is 0 Å². The average molecular weight is 380 g/mol. The summed E-state index contributed by atoms with van der Waals surface area (Å²) in [5.41, 5.74) is -1.61. The highest BCUT2D eigenvalue weighted by atomic mass is 35.5. The molecule has 0 atom stereocenters. The summed E-state index contributed by atoms with van der Waals surface area (Å²) in [6, 6.07) is 6.50. The molecule has 0 aliphatic carbocycles. The van der Waals surface area contributed by atoms with Gasteiger partial charge in [0.25, 0.3) is 10.0 Å². The molecular formula is C14H9ClF3NO4S. The number of hydrogen-bond acceptors (Lipinski definition) is 3. The van der Waals surface area contributed by atoms with E-state index in [9.17, 15) is 26.4 Å². The Bertz CT molecular complexity index is 897. The summed E-state index contributed by atoms with van der Waals surface area (Å²) in [5, 5.41) is 8.84. The zero-order valence-corrected chi connectivity index (χ0v) is 13.2. The lowest BCUT2D eigenvalue weighted by Crippen LogP contribution is -2.15. The Hall–Kier alpha value is -2.26. The molecule has 0 saturated heterocycles. The van der Waals surface area contributed by atoms with E-state index in [-0.39, 0.29) is 16.3 Å². The standard InChI is InChI=1S/C14H9ClF3NO4S/c15-12-5-4-9(7-11(12)13(20)21)19-24(22,23)10-3-1-2-8(6-10)14(16,17)18/h1-7,19H,(H,20,21). The summed E-state index contributed by atoms with van der Waals surface area (Å²) in [6.07, 6.45) is -4.69. The van der Waals surface area contributed by atoms with Crippen molar-refractivity contribution in [2.45, 2.75) is 11.1 Å².